The van der Waals surface area contributed by atoms with Crippen molar-refractivity contribution in [3.63, 3.8) is 0 Å². The van der Waals surface area contributed by atoms with Crippen LogP contribution in [0, 0.1) is 0 Å². The van der Waals surface area contributed by atoms with E-state index < -0.39 is 0 Å². The summed E-state index contributed by atoms with van der Waals surface area (Å²) in [6.07, 6.45) is 1.60. The first-order valence-electron chi connectivity index (χ1n) is 6.31. The van der Waals surface area contributed by atoms with E-state index in [0.717, 1.165) is 18.9 Å². The summed E-state index contributed by atoms with van der Waals surface area (Å²) in [4.78, 5) is 4.36. The molecule has 0 bridgehead atoms. The molecule has 0 aliphatic carbocycles. The summed E-state index contributed by atoms with van der Waals surface area (Å²) >= 11 is 0. The molecule has 98 valence electrons. The summed E-state index contributed by atoms with van der Waals surface area (Å²) in [5.74, 6) is 0.938. The number of nitrogens with one attached hydrogen (secondary N) is 1. The molecule has 1 heterocycles. The third kappa shape index (κ3) is 3.26. The molecule has 1 unspecified atom stereocenters. The van der Waals surface area contributed by atoms with E-state index in [-0.39, 0.29) is 11.6 Å². The molecule has 0 fully saturated rings. The number of aryl methyl sites for hydroxylation is 1. The molecule has 0 spiro atoms. The normalized spacial score (nSPS) is 13.9. The van der Waals surface area contributed by atoms with Gasteiger partial charge in [0.25, 0.3) is 0 Å². The van der Waals surface area contributed by atoms with Gasteiger partial charge in [-0.15, -0.1) is 0 Å². The maximum Gasteiger partial charge on any atom is 0.146 e. The highest BCUT2D eigenvalue weighted by Crippen LogP contribution is 2.27. The SMILES string of the molecule is CCNC(c1ncnn1CC)C(C)(C)OCC. The fourth-order valence-electron chi connectivity index (χ4n) is 2.05. The highest BCUT2D eigenvalue weighted by atomic mass is 16.5. The summed E-state index contributed by atoms with van der Waals surface area (Å²) in [5, 5.41) is 7.66. The molecule has 5 heteroatoms. The van der Waals surface area contributed by atoms with Crippen LogP contribution in [0.3, 0.4) is 0 Å². The fourth-order valence-corrected chi connectivity index (χ4v) is 2.05. The molecular weight excluding hydrogens is 216 g/mol. The zero-order valence-electron chi connectivity index (χ0n) is 11.5. The minimum absolute atomic E-state index is 0.0508. The molecule has 17 heavy (non-hydrogen) atoms. The van der Waals surface area contributed by atoms with Gasteiger partial charge in [-0.2, -0.15) is 5.10 Å². The van der Waals surface area contributed by atoms with Crippen molar-refractivity contribution in [2.45, 2.75) is 52.8 Å². The van der Waals surface area contributed by atoms with E-state index in [2.05, 4.69) is 43.1 Å². The highest BCUT2D eigenvalue weighted by molar-refractivity contribution is 5.02. The molecule has 1 rings (SSSR count). The van der Waals surface area contributed by atoms with Gasteiger partial charge in [-0.05, 0) is 34.2 Å². The van der Waals surface area contributed by atoms with E-state index in [1.165, 1.54) is 0 Å². The van der Waals surface area contributed by atoms with Gasteiger partial charge in [-0.3, -0.25) is 0 Å². The third-order valence-electron chi connectivity index (χ3n) is 2.82. The quantitative estimate of drug-likeness (QED) is 0.789. The summed E-state index contributed by atoms with van der Waals surface area (Å²) in [7, 11) is 0. The predicted octanol–water partition coefficient (Wildman–Crippen LogP) is 1.76. The number of hydrogen-bond donors (Lipinski definition) is 1. The van der Waals surface area contributed by atoms with Crippen molar-refractivity contribution in [3.8, 4) is 0 Å². The molecule has 0 saturated heterocycles. The maximum atomic E-state index is 5.82. The van der Waals surface area contributed by atoms with E-state index in [4.69, 9.17) is 4.74 Å². The lowest BCUT2D eigenvalue weighted by Gasteiger charge is -2.34. The van der Waals surface area contributed by atoms with Crippen LogP contribution in [0.1, 0.15) is 46.5 Å². The van der Waals surface area contributed by atoms with Crippen LogP contribution in [-0.2, 0) is 11.3 Å². The standard InChI is InChI=1S/C12H24N4O/c1-6-13-10(12(4,5)17-8-3)11-14-9-15-16(11)7-2/h9-10,13H,6-8H2,1-5H3. The smallest absolute Gasteiger partial charge is 0.146 e. The molecule has 0 amide bonds. The molecule has 0 aliphatic heterocycles. The van der Waals surface area contributed by atoms with E-state index in [1.54, 1.807) is 6.33 Å². The second-order valence-electron chi connectivity index (χ2n) is 4.46. The number of rotatable bonds is 7. The summed E-state index contributed by atoms with van der Waals surface area (Å²) in [5.41, 5.74) is -0.301. The second kappa shape index (κ2) is 6.12. The Kier molecular flexibility index (Phi) is 5.08. The Bertz CT molecular complexity index is 335. The first kappa shape index (κ1) is 14.1. The maximum absolute atomic E-state index is 5.82. The van der Waals surface area contributed by atoms with Crippen LogP contribution in [0.25, 0.3) is 0 Å². The summed E-state index contributed by atoms with van der Waals surface area (Å²) in [6.45, 7) is 12.7. The first-order chi connectivity index (χ1) is 8.06. The molecule has 0 aliphatic rings. The number of ether oxygens (including phenoxy) is 1. The molecule has 1 aromatic rings. The molecule has 0 saturated carbocycles. The Morgan fingerprint density at radius 3 is 2.65 bits per heavy atom. The molecule has 0 radical (unpaired) electrons. The summed E-state index contributed by atoms with van der Waals surface area (Å²) in [6, 6.07) is 0.0508. The molecule has 5 nitrogen and oxygen atoms in total. The molecule has 1 N–H and O–H groups in total. The van der Waals surface area contributed by atoms with Gasteiger partial charge in [-0.25, -0.2) is 9.67 Å². The van der Waals surface area contributed by atoms with Crippen LogP contribution < -0.4 is 5.32 Å². The van der Waals surface area contributed by atoms with Gasteiger partial charge in [0.15, 0.2) is 0 Å². The number of nitrogens with zero attached hydrogens (tertiary/aromatic N) is 3. The van der Waals surface area contributed by atoms with Crippen LogP contribution in [-0.4, -0.2) is 33.5 Å². The Labute approximate surface area is 104 Å². The van der Waals surface area contributed by atoms with Gasteiger partial charge < -0.3 is 10.1 Å². The molecular formula is C12H24N4O. The van der Waals surface area contributed by atoms with Gasteiger partial charge in [0, 0.05) is 13.2 Å². The minimum atomic E-state index is -0.301. The van der Waals surface area contributed by atoms with Gasteiger partial charge in [0.05, 0.1) is 11.6 Å². The Hall–Kier alpha value is -0.940. The lowest BCUT2D eigenvalue weighted by atomic mass is 9.97. The van der Waals surface area contributed by atoms with Gasteiger partial charge >= 0.3 is 0 Å². The van der Waals surface area contributed by atoms with Gasteiger partial charge in [0.2, 0.25) is 0 Å². The average Bonchev–Trinajstić information content (AvgIpc) is 2.73. The number of hydrogen-bond acceptors (Lipinski definition) is 4. The largest absolute Gasteiger partial charge is 0.374 e. The Balaban J connectivity index is 3.00. The molecule has 1 aromatic heterocycles. The van der Waals surface area contributed by atoms with E-state index in [9.17, 15) is 0 Å². The van der Waals surface area contributed by atoms with Crippen LogP contribution >= 0.6 is 0 Å². The molecule has 1 atom stereocenters. The molecule has 0 aromatic carbocycles. The van der Waals surface area contributed by atoms with Crippen molar-refractivity contribution in [3.05, 3.63) is 12.2 Å². The van der Waals surface area contributed by atoms with E-state index in [0.29, 0.717) is 6.61 Å². The lowest BCUT2D eigenvalue weighted by molar-refractivity contribution is -0.0418. The zero-order chi connectivity index (χ0) is 12.9. The number of likely N-dealkylation sites (N-methyl/N-ethyl adjacent to an activating group) is 1. The van der Waals surface area contributed by atoms with Crippen molar-refractivity contribution in [1.82, 2.24) is 20.1 Å². The van der Waals surface area contributed by atoms with Crippen LogP contribution in [0.2, 0.25) is 0 Å². The third-order valence-corrected chi connectivity index (χ3v) is 2.82. The van der Waals surface area contributed by atoms with Crippen molar-refractivity contribution in [1.29, 1.82) is 0 Å². The number of aromatic nitrogens is 3. The summed E-state index contributed by atoms with van der Waals surface area (Å²) < 4.78 is 7.73. The van der Waals surface area contributed by atoms with Crippen LogP contribution in [0.4, 0.5) is 0 Å². The fraction of sp³-hybridized carbons (Fsp3) is 0.833. The van der Waals surface area contributed by atoms with Crippen molar-refractivity contribution in [2.75, 3.05) is 13.2 Å². The van der Waals surface area contributed by atoms with Crippen LogP contribution in [0.5, 0.6) is 0 Å². The van der Waals surface area contributed by atoms with Crippen molar-refractivity contribution in [2.24, 2.45) is 0 Å². The van der Waals surface area contributed by atoms with Crippen LogP contribution in [0.15, 0.2) is 6.33 Å². The van der Waals surface area contributed by atoms with Gasteiger partial charge in [0.1, 0.15) is 12.2 Å². The van der Waals surface area contributed by atoms with Crippen molar-refractivity contribution >= 4 is 0 Å². The topological polar surface area (TPSA) is 52.0 Å². The first-order valence-corrected chi connectivity index (χ1v) is 6.31. The zero-order valence-corrected chi connectivity index (χ0v) is 11.5. The Morgan fingerprint density at radius 2 is 2.12 bits per heavy atom. The van der Waals surface area contributed by atoms with Gasteiger partial charge in [-0.1, -0.05) is 6.92 Å². The van der Waals surface area contributed by atoms with Crippen molar-refractivity contribution < 1.29 is 4.74 Å². The lowest BCUT2D eigenvalue weighted by Crippen LogP contribution is -2.43. The Morgan fingerprint density at radius 1 is 1.41 bits per heavy atom. The monoisotopic (exact) mass is 240 g/mol. The highest BCUT2D eigenvalue weighted by Gasteiger charge is 2.34. The predicted molar refractivity (Wildman–Crippen MR) is 67.8 cm³/mol. The van der Waals surface area contributed by atoms with E-state index in [1.807, 2.05) is 11.6 Å². The van der Waals surface area contributed by atoms with E-state index >= 15 is 0 Å². The minimum Gasteiger partial charge on any atom is -0.374 e. The second-order valence-corrected chi connectivity index (χ2v) is 4.46. The average molecular weight is 240 g/mol.